The van der Waals surface area contributed by atoms with Crippen LogP contribution in [0.1, 0.15) is 46.3 Å². The van der Waals surface area contributed by atoms with E-state index < -0.39 is 18.0 Å². The Morgan fingerprint density at radius 1 is 1.08 bits per heavy atom. The Bertz CT molecular complexity index is 1540. The summed E-state index contributed by atoms with van der Waals surface area (Å²) < 4.78 is 21.8. The van der Waals surface area contributed by atoms with Gasteiger partial charge < -0.3 is 23.9 Å². The molecule has 1 aliphatic heterocycles. The molecular weight excluding hydrogens is 472 g/mol. The Labute approximate surface area is 212 Å². The van der Waals surface area contributed by atoms with Crippen LogP contribution < -0.4 is 14.8 Å². The average Bonchev–Trinajstić information content (AvgIpc) is 3.67. The number of aromatic nitrogens is 1. The highest BCUT2D eigenvalue weighted by Gasteiger charge is 2.29. The molecule has 0 bridgehead atoms. The number of hydrogen-bond donors (Lipinski definition) is 1. The number of ether oxygens (including phenoxy) is 3. The largest absolute Gasteiger partial charge is 0.467 e. The van der Waals surface area contributed by atoms with E-state index in [1.807, 2.05) is 42.5 Å². The maximum Gasteiger partial charge on any atom is 0.339 e. The SMILES string of the molecule is CC(OC(=O)c1c2c(nc3ccccc13)/C(=C/c1ccc3c(c1)OCO3)CC2)C(=O)NCc1ccco1. The highest BCUT2D eigenvalue weighted by molar-refractivity contribution is 6.07. The Kier molecular flexibility index (Phi) is 5.84. The minimum Gasteiger partial charge on any atom is -0.467 e. The van der Waals surface area contributed by atoms with E-state index >= 15 is 0 Å². The fourth-order valence-corrected chi connectivity index (χ4v) is 4.72. The number of benzene rings is 2. The van der Waals surface area contributed by atoms with Crippen molar-refractivity contribution in [3.8, 4) is 11.5 Å². The van der Waals surface area contributed by atoms with Crippen molar-refractivity contribution in [1.29, 1.82) is 0 Å². The summed E-state index contributed by atoms with van der Waals surface area (Å²) in [5.74, 6) is 1.11. The van der Waals surface area contributed by atoms with Crippen molar-refractivity contribution in [2.24, 2.45) is 0 Å². The molecule has 1 atom stereocenters. The van der Waals surface area contributed by atoms with Crippen LogP contribution in [0.5, 0.6) is 11.5 Å². The number of fused-ring (bicyclic) bond motifs is 3. The van der Waals surface area contributed by atoms with Gasteiger partial charge >= 0.3 is 5.97 Å². The molecule has 2 aromatic heterocycles. The first-order valence-corrected chi connectivity index (χ1v) is 12.1. The second-order valence-electron chi connectivity index (χ2n) is 8.96. The van der Waals surface area contributed by atoms with Gasteiger partial charge in [0.1, 0.15) is 5.76 Å². The van der Waals surface area contributed by atoms with Crippen molar-refractivity contribution >= 4 is 34.4 Å². The highest BCUT2D eigenvalue weighted by Crippen LogP contribution is 2.39. The molecule has 1 N–H and O–H groups in total. The molecule has 0 radical (unpaired) electrons. The fourth-order valence-electron chi connectivity index (χ4n) is 4.72. The van der Waals surface area contributed by atoms with Gasteiger partial charge in [-0.25, -0.2) is 9.78 Å². The highest BCUT2D eigenvalue weighted by atomic mass is 16.7. The van der Waals surface area contributed by atoms with Gasteiger partial charge in [-0.1, -0.05) is 24.3 Å². The van der Waals surface area contributed by atoms with Gasteiger partial charge in [-0.2, -0.15) is 0 Å². The first-order valence-electron chi connectivity index (χ1n) is 12.1. The summed E-state index contributed by atoms with van der Waals surface area (Å²) in [7, 11) is 0. The van der Waals surface area contributed by atoms with Gasteiger partial charge in [-0.05, 0) is 72.9 Å². The number of carbonyl (C=O) groups excluding carboxylic acids is 2. The van der Waals surface area contributed by atoms with E-state index in [2.05, 4.69) is 11.4 Å². The molecule has 2 aliphatic rings. The van der Waals surface area contributed by atoms with Crippen LogP contribution in [0.4, 0.5) is 0 Å². The van der Waals surface area contributed by atoms with Crippen molar-refractivity contribution in [2.75, 3.05) is 6.79 Å². The lowest BCUT2D eigenvalue weighted by molar-refractivity contribution is -0.129. The summed E-state index contributed by atoms with van der Waals surface area (Å²) >= 11 is 0. The Balaban J connectivity index is 1.30. The maximum absolute atomic E-state index is 13.5. The van der Waals surface area contributed by atoms with E-state index in [0.29, 0.717) is 34.4 Å². The topological polar surface area (TPSA) is 99.9 Å². The van der Waals surface area contributed by atoms with Crippen LogP contribution in [0.2, 0.25) is 0 Å². The van der Waals surface area contributed by atoms with Crippen LogP contribution in [0.3, 0.4) is 0 Å². The summed E-state index contributed by atoms with van der Waals surface area (Å²) in [4.78, 5) is 30.9. The van der Waals surface area contributed by atoms with Crippen LogP contribution in [0.25, 0.3) is 22.6 Å². The molecule has 2 aromatic carbocycles. The summed E-state index contributed by atoms with van der Waals surface area (Å²) in [6, 6.07) is 16.8. The third-order valence-electron chi connectivity index (χ3n) is 6.55. The molecule has 4 aromatic rings. The Hall–Kier alpha value is -4.59. The van der Waals surface area contributed by atoms with Crippen molar-refractivity contribution in [2.45, 2.75) is 32.4 Å². The van der Waals surface area contributed by atoms with Gasteiger partial charge in [-0.3, -0.25) is 4.79 Å². The van der Waals surface area contributed by atoms with Crippen molar-refractivity contribution in [1.82, 2.24) is 10.3 Å². The second kappa shape index (κ2) is 9.46. The average molecular weight is 497 g/mol. The normalized spacial score (nSPS) is 15.5. The molecular formula is C29H24N2O6. The van der Waals surface area contributed by atoms with Crippen molar-refractivity contribution in [3.63, 3.8) is 0 Å². The molecule has 8 heteroatoms. The fraction of sp³-hybridized carbons (Fsp3) is 0.207. The van der Waals surface area contributed by atoms with E-state index in [1.165, 1.54) is 6.26 Å². The lowest BCUT2D eigenvalue weighted by Gasteiger charge is -2.16. The number of hydrogen-bond acceptors (Lipinski definition) is 7. The van der Waals surface area contributed by atoms with Gasteiger partial charge in [0, 0.05) is 5.39 Å². The summed E-state index contributed by atoms with van der Waals surface area (Å²) in [5.41, 5.74) is 4.75. The minimum atomic E-state index is -0.977. The van der Waals surface area contributed by atoms with Gasteiger partial charge in [0.15, 0.2) is 17.6 Å². The molecule has 3 heterocycles. The third kappa shape index (κ3) is 4.42. The van der Waals surface area contributed by atoms with E-state index in [4.69, 9.17) is 23.6 Å². The predicted molar refractivity (Wildman–Crippen MR) is 136 cm³/mol. The van der Waals surface area contributed by atoms with Crippen LogP contribution in [-0.2, 0) is 22.5 Å². The zero-order chi connectivity index (χ0) is 25.4. The number of esters is 1. The van der Waals surface area contributed by atoms with Crippen molar-refractivity contribution < 1.29 is 28.2 Å². The number of pyridine rings is 1. The van der Waals surface area contributed by atoms with E-state index in [1.54, 1.807) is 19.1 Å². The van der Waals surface area contributed by atoms with Gasteiger partial charge in [0.25, 0.3) is 5.91 Å². The van der Waals surface area contributed by atoms with Gasteiger partial charge in [-0.15, -0.1) is 0 Å². The molecule has 0 saturated heterocycles. The van der Waals surface area contributed by atoms with E-state index in [0.717, 1.165) is 34.6 Å². The first-order chi connectivity index (χ1) is 18.1. The first kappa shape index (κ1) is 22.8. The lowest BCUT2D eigenvalue weighted by atomic mass is 10.0. The monoisotopic (exact) mass is 496 g/mol. The number of para-hydroxylation sites is 1. The summed E-state index contributed by atoms with van der Waals surface area (Å²) in [5, 5.41) is 3.44. The molecule has 1 unspecified atom stereocenters. The number of rotatable bonds is 6. The lowest BCUT2D eigenvalue weighted by Crippen LogP contribution is -2.35. The van der Waals surface area contributed by atoms with Gasteiger partial charge in [0.05, 0.1) is 29.6 Å². The molecule has 37 heavy (non-hydrogen) atoms. The minimum absolute atomic E-state index is 0.218. The zero-order valence-corrected chi connectivity index (χ0v) is 20.2. The molecule has 1 amide bonds. The van der Waals surface area contributed by atoms with Gasteiger partial charge in [0.2, 0.25) is 6.79 Å². The third-order valence-corrected chi connectivity index (χ3v) is 6.55. The number of furan rings is 1. The second-order valence-corrected chi connectivity index (χ2v) is 8.96. The quantitative estimate of drug-likeness (QED) is 0.379. The van der Waals surface area contributed by atoms with Crippen molar-refractivity contribution in [3.05, 3.63) is 89.0 Å². The van der Waals surface area contributed by atoms with E-state index in [9.17, 15) is 9.59 Å². The number of nitrogens with one attached hydrogen (secondary N) is 1. The smallest absolute Gasteiger partial charge is 0.339 e. The molecule has 1 aliphatic carbocycles. The molecule has 6 rings (SSSR count). The summed E-state index contributed by atoms with van der Waals surface area (Å²) in [6.07, 6.45) is 4.00. The number of nitrogens with zero attached hydrogens (tertiary/aromatic N) is 1. The maximum atomic E-state index is 13.5. The number of amides is 1. The molecule has 0 fully saturated rings. The number of allylic oxidation sites excluding steroid dienone is 1. The predicted octanol–water partition coefficient (Wildman–Crippen LogP) is 4.91. The standard InChI is InChI=1S/C29H24N2O6/c1-17(28(32)30-15-20-5-4-12-34-20)37-29(33)26-21-6-2-3-7-23(21)31-27-19(9-10-22(26)27)13-18-8-11-24-25(14-18)36-16-35-24/h2-8,11-14,17H,9-10,15-16H2,1H3,(H,30,32)/b19-13+. The van der Waals surface area contributed by atoms with Crippen LogP contribution in [-0.4, -0.2) is 29.8 Å². The van der Waals surface area contributed by atoms with Crippen LogP contribution >= 0.6 is 0 Å². The molecule has 8 nitrogen and oxygen atoms in total. The van der Waals surface area contributed by atoms with Crippen LogP contribution in [0, 0.1) is 0 Å². The molecule has 186 valence electrons. The Morgan fingerprint density at radius 2 is 1.95 bits per heavy atom. The van der Waals surface area contributed by atoms with E-state index in [-0.39, 0.29) is 13.3 Å². The molecule has 0 spiro atoms. The summed E-state index contributed by atoms with van der Waals surface area (Å²) in [6.45, 7) is 2.00. The zero-order valence-electron chi connectivity index (χ0n) is 20.2. The van der Waals surface area contributed by atoms with Crippen LogP contribution in [0.15, 0.2) is 65.3 Å². The number of carbonyl (C=O) groups is 2. The Morgan fingerprint density at radius 3 is 2.81 bits per heavy atom. The molecule has 0 saturated carbocycles.